The van der Waals surface area contributed by atoms with Gasteiger partial charge in [0.15, 0.2) is 0 Å². The van der Waals surface area contributed by atoms with Gasteiger partial charge in [-0.05, 0) is 24.3 Å². The number of fused-ring (bicyclic) bond motifs is 1. The molecule has 2 heterocycles. The molecule has 1 saturated heterocycles. The van der Waals surface area contributed by atoms with E-state index in [1.54, 1.807) is 16.0 Å². The number of aromatic nitrogens is 1. The summed E-state index contributed by atoms with van der Waals surface area (Å²) in [7, 11) is 0. The highest BCUT2D eigenvalue weighted by Crippen LogP contribution is 2.22. The van der Waals surface area contributed by atoms with Crippen LogP contribution in [0.5, 0.6) is 0 Å². The minimum Gasteiger partial charge on any atom is -0.323 e. The molecule has 0 saturated carbocycles. The van der Waals surface area contributed by atoms with E-state index in [0.717, 1.165) is 16.6 Å². The van der Waals surface area contributed by atoms with Crippen LogP contribution in [-0.4, -0.2) is 41.5 Å². The quantitative estimate of drug-likeness (QED) is 0.789. The number of hydrogen-bond acceptors (Lipinski definition) is 3. The largest absolute Gasteiger partial charge is 0.325 e. The van der Waals surface area contributed by atoms with Crippen LogP contribution >= 0.6 is 0 Å². The summed E-state index contributed by atoms with van der Waals surface area (Å²) < 4.78 is 0. The minimum absolute atomic E-state index is 0.0192. The first-order valence-corrected chi connectivity index (χ1v) is 8.47. The molecule has 1 aliphatic heterocycles. The second-order valence-corrected chi connectivity index (χ2v) is 6.12. The third-order valence-electron chi connectivity index (χ3n) is 4.40. The number of para-hydroxylation sites is 2. The van der Waals surface area contributed by atoms with Crippen LogP contribution in [0.25, 0.3) is 10.9 Å². The summed E-state index contributed by atoms with van der Waals surface area (Å²) in [5, 5.41) is 3.83. The fraction of sp³-hybridized carbons (Fsp3) is 0.150. The van der Waals surface area contributed by atoms with Crippen LogP contribution in [-0.2, 0) is 4.79 Å². The van der Waals surface area contributed by atoms with Gasteiger partial charge >= 0.3 is 6.03 Å². The van der Waals surface area contributed by atoms with Crippen LogP contribution < -0.4 is 10.2 Å². The number of nitrogens with one attached hydrogen (secondary N) is 1. The first kappa shape index (κ1) is 16.1. The van der Waals surface area contributed by atoms with Crippen molar-refractivity contribution in [2.75, 3.05) is 29.9 Å². The minimum atomic E-state index is -0.230. The molecule has 0 spiro atoms. The van der Waals surface area contributed by atoms with Gasteiger partial charge in [0.2, 0.25) is 5.91 Å². The van der Waals surface area contributed by atoms with Gasteiger partial charge in [0.25, 0.3) is 0 Å². The molecular formula is C20H18N4O2. The second-order valence-electron chi connectivity index (χ2n) is 6.12. The monoisotopic (exact) mass is 346 g/mol. The number of carbonyl (C=O) groups is 2. The molecule has 0 unspecified atom stereocenters. The van der Waals surface area contributed by atoms with Crippen LogP contribution in [0.2, 0.25) is 0 Å². The number of hydrogen-bond donors (Lipinski definition) is 1. The number of pyridine rings is 1. The lowest BCUT2D eigenvalue weighted by Gasteiger charge is -2.18. The number of benzene rings is 2. The highest BCUT2D eigenvalue weighted by molar-refractivity contribution is 6.03. The number of urea groups is 1. The Morgan fingerprint density at radius 1 is 1.00 bits per heavy atom. The molecule has 3 amide bonds. The topological polar surface area (TPSA) is 65.5 Å². The third-order valence-corrected chi connectivity index (χ3v) is 4.40. The van der Waals surface area contributed by atoms with Crippen molar-refractivity contribution in [2.45, 2.75) is 0 Å². The van der Waals surface area contributed by atoms with Gasteiger partial charge in [-0.1, -0.05) is 36.4 Å². The zero-order valence-electron chi connectivity index (χ0n) is 14.1. The van der Waals surface area contributed by atoms with Crippen molar-refractivity contribution >= 4 is 34.2 Å². The zero-order chi connectivity index (χ0) is 17.9. The summed E-state index contributed by atoms with van der Waals surface area (Å²) in [6.07, 6.45) is 1.69. The Morgan fingerprint density at radius 3 is 2.65 bits per heavy atom. The lowest BCUT2D eigenvalue weighted by molar-refractivity contribution is -0.116. The van der Waals surface area contributed by atoms with Gasteiger partial charge in [-0.2, -0.15) is 0 Å². The number of rotatable bonds is 4. The highest BCUT2D eigenvalue weighted by atomic mass is 16.2. The normalized spacial score (nSPS) is 14.1. The lowest BCUT2D eigenvalue weighted by atomic mass is 10.2. The highest BCUT2D eigenvalue weighted by Gasteiger charge is 2.30. The average molecular weight is 346 g/mol. The van der Waals surface area contributed by atoms with Gasteiger partial charge in [-0.15, -0.1) is 0 Å². The van der Waals surface area contributed by atoms with Crippen LogP contribution in [0.3, 0.4) is 0 Å². The van der Waals surface area contributed by atoms with Crippen molar-refractivity contribution in [1.82, 2.24) is 9.88 Å². The van der Waals surface area contributed by atoms with Gasteiger partial charge in [0, 0.05) is 30.4 Å². The molecule has 3 aromatic rings. The van der Waals surface area contributed by atoms with E-state index in [1.807, 2.05) is 60.7 Å². The number of carbonyl (C=O) groups excluding carboxylic acids is 2. The number of nitrogens with zero attached hydrogens (tertiary/aromatic N) is 3. The molecule has 0 aliphatic carbocycles. The molecule has 1 fully saturated rings. The fourth-order valence-corrected chi connectivity index (χ4v) is 3.15. The molecule has 6 nitrogen and oxygen atoms in total. The van der Waals surface area contributed by atoms with Crippen molar-refractivity contribution in [3.05, 3.63) is 66.9 Å². The molecule has 1 aliphatic rings. The standard InChI is InChI=1S/C20H18N4O2/c25-18(22-17-10-4-6-15-7-5-11-21-19(15)17)14-23-12-13-24(20(23)26)16-8-2-1-3-9-16/h1-11H,12-14H2,(H,22,25). The Bertz CT molecular complexity index is 953. The lowest BCUT2D eigenvalue weighted by Crippen LogP contribution is -2.37. The van der Waals surface area contributed by atoms with Crippen LogP contribution in [0, 0.1) is 0 Å². The Balaban J connectivity index is 1.45. The fourth-order valence-electron chi connectivity index (χ4n) is 3.15. The summed E-state index contributed by atoms with van der Waals surface area (Å²) in [5.74, 6) is -0.230. The second kappa shape index (κ2) is 6.84. The smallest absolute Gasteiger partial charge is 0.323 e. The molecule has 130 valence electrons. The van der Waals surface area contributed by atoms with Crippen molar-refractivity contribution in [2.24, 2.45) is 0 Å². The maximum Gasteiger partial charge on any atom is 0.325 e. The molecule has 26 heavy (non-hydrogen) atoms. The van der Waals surface area contributed by atoms with Crippen molar-refractivity contribution < 1.29 is 9.59 Å². The number of amides is 3. The molecule has 0 atom stereocenters. The van der Waals surface area contributed by atoms with E-state index in [1.165, 1.54) is 0 Å². The van der Waals surface area contributed by atoms with Gasteiger partial charge in [0.05, 0.1) is 11.2 Å². The van der Waals surface area contributed by atoms with Crippen LogP contribution in [0.1, 0.15) is 0 Å². The molecule has 2 aromatic carbocycles. The predicted molar refractivity (Wildman–Crippen MR) is 101 cm³/mol. The van der Waals surface area contributed by atoms with E-state index in [4.69, 9.17) is 0 Å². The third kappa shape index (κ3) is 3.09. The Hall–Kier alpha value is -3.41. The Labute approximate surface area is 151 Å². The van der Waals surface area contributed by atoms with Gasteiger partial charge in [-0.3, -0.25) is 14.7 Å². The molecule has 1 N–H and O–H groups in total. The van der Waals surface area contributed by atoms with E-state index in [2.05, 4.69) is 10.3 Å². The van der Waals surface area contributed by atoms with E-state index in [-0.39, 0.29) is 18.5 Å². The predicted octanol–water partition coefficient (Wildman–Crippen LogP) is 3.12. The molecule has 4 rings (SSSR count). The SMILES string of the molecule is O=C(CN1CCN(c2ccccc2)C1=O)Nc1cccc2cccnc12. The molecule has 0 radical (unpaired) electrons. The first-order valence-electron chi connectivity index (χ1n) is 8.47. The van der Waals surface area contributed by atoms with Gasteiger partial charge in [-0.25, -0.2) is 4.79 Å². The number of anilines is 2. The van der Waals surface area contributed by atoms with Crippen molar-refractivity contribution in [3.63, 3.8) is 0 Å². The summed E-state index contributed by atoms with van der Waals surface area (Å²) in [6, 6.07) is 18.8. The average Bonchev–Trinajstić information content (AvgIpc) is 3.03. The van der Waals surface area contributed by atoms with Crippen LogP contribution in [0.4, 0.5) is 16.2 Å². The van der Waals surface area contributed by atoms with Crippen molar-refractivity contribution in [3.8, 4) is 0 Å². The molecule has 0 bridgehead atoms. The van der Waals surface area contributed by atoms with Gasteiger partial charge in [0.1, 0.15) is 6.54 Å². The maximum atomic E-state index is 12.6. The maximum absolute atomic E-state index is 12.6. The molecule has 6 heteroatoms. The van der Waals surface area contributed by atoms with Gasteiger partial charge < -0.3 is 10.2 Å². The molecule has 1 aromatic heterocycles. The van der Waals surface area contributed by atoms with E-state index in [0.29, 0.717) is 18.8 Å². The Morgan fingerprint density at radius 2 is 1.81 bits per heavy atom. The van der Waals surface area contributed by atoms with E-state index < -0.39 is 0 Å². The van der Waals surface area contributed by atoms with E-state index >= 15 is 0 Å². The zero-order valence-corrected chi connectivity index (χ0v) is 14.1. The summed E-state index contributed by atoms with van der Waals surface area (Å²) in [6.45, 7) is 1.12. The molecular weight excluding hydrogens is 328 g/mol. The summed E-state index contributed by atoms with van der Waals surface area (Å²) in [4.78, 5) is 32.6. The van der Waals surface area contributed by atoms with Crippen LogP contribution in [0.15, 0.2) is 66.9 Å². The summed E-state index contributed by atoms with van der Waals surface area (Å²) >= 11 is 0. The summed E-state index contributed by atoms with van der Waals surface area (Å²) in [5.41, 5.74) is 2.24. The van der Waals surface area contributed by atoms with Crippen molar-refractivity contribution in [1.29, 1.82) is 0 Å². The Kier molecular flexibility index (Phi) is 4.23. The first-order chi connectivity index (χ1) is 12.7. The van der Waals surface area contributed by atoms with E-state index in [9.17, 15) is 9.59 Å².